The van der Waals surface area contributed by atoms with Crippen LogP contribution in [0.4, 0.5) is 0 Å². The molecule has 4 nitrogen and oxygen atoms in total. The van der Waals surface area contributed by atoms with Gasteiger partial charge >= 0.3 is 0 Å². The second kappa shape index (κ2) is 2.68. The molecule has 12 heavy (non-hydrogen) atoms. The van der Waals surface area contributed by atoms with Crippen LogP contribution in [0.25, 0.3) is 0 Å². The second-order valence-electron chi connectivity index (χ2n) is 3.61. The van der Waals surface area contributed by atoms with Gasteiger partial charge in [-0.3, -0.25) is 0 Å². The lowest BCUT2D eigenvalue weighted by molar-refractivity contribution is 0.556. The highest BCUT2D eigenvalue weighted by atomic mass is 32.2. The number of hydrogen-bond donors (Lipinski definition) is 2. The van der Waals surface area contributed by atoms with Gasteiger partial charge in [-0.25, -0.2) is 4.72 Å². The third kappa shape index (κ3) is 1.36. The Morgan fingerprint density at radius 2 is 1.83 bits per heavy atom. The van der Waals surface area contributed by atoms with Crippen LogP contribution in [0, 0.1) is 11.8 Å². The predicted octanol–water partition coefficient (Wildman–Crippen LogP) is -0.161. The van der Waals surface area contributed by atoms with Crippen molar-refractivity contribution in [3.05, 3.63) is 0 Å². The first-order valence-corrected chi connectivity index (χ1v) is 5.83. The lowest BCUT2D eigenvalue weighted by atomic mass is 10.2. The van der Waals surface area contributed by atoms with Crippen LogP contribution in [-0.2, 0) is 10.2 Å². The molecule has 0 saturated heterocycles. The van der Waals surface area contributed by atoms with Gasteiger partial charge in [0.25, 0.3) is 10.2 Å². The molecule has 2 aliphatic carbocycles. The van der Waals surface area contributed by atoms with E-state index in [0.717, 1.165) is 0 Å². The van der Waals surface area contributed by atoms with Crippen LogP contribution in [0.5, 0.6) is 0 Å². The first-order chi connectivity index (χ1) is 5.64. The van der Waals surface area contributed by atoms with E-state index in [1.165, 1.54) is 26.3 Å². The normalized spacial score (nSPS) is 39.6. The molecule has 0 amide bonds. The smallest absolute Gasteiger partial charge is 0.205 e. The summed E-state index contributed by atoms with van der Waals surface area (Å²) in [5.74, 6) is 1.27. The van der Waals surface area contributed by atoms with Crippen molar-refractivity contribution in [1.82, 2.24) is 9.44 Å². The quantitative estimate of drug-likeness (QED) is 0.649. The van der Waals surface area contributed by atoms with E-state index >= 15 is 0 Å². The average Bonchev–Trinajstić information content (AvgIpc) is 2.51. The molecule has 70 valence electrons. The van der Waals surface area contributed by atoms with Gasteiger partial charge in [0.15, 0.2) is 0 Å². The van der Waals surface area contributed by atoms with Crippen LogP contribution < -0.4 is 9.44 Å². The van der Waals surface area contributed by atoms with E-state index in [1.54, 1.807) is 0 Å². The Labute approximate surface area is 72.9 Å². The largest absolute Gasteiger partial charge is 0.276 e. The minimum absolute atomic E-state index is 0.233. The summed E-state index contributed by atoms with van der Waals surface area (Å²) in [5.41, 5.74) is 0. The SMILES string of the molecule is CNS(=O)(=O)NC1[C@H]2CCC[C@@H]12. The monoisotopic (exact) mass is 190 g/mol. The van der Waals surface area contributed by atoms with Crippen molar-refractivity contribution in [1.29, 1.82) is 0 Å². The Hall–Kier alpha value is -0.130. The minimum Gasteiger partial charge on any atom is -0.205 e. The van der Waals surface area contributed by atoms with Gasteiger partial charge in [-0.2, -0.15) is 13.1 Å². The van der Waals surface area contributed by atoms with Gasteiger partial charge < -0.3 is 0 Å². The van der Waals surface area contributed by atoms with E-state index in [0.29, 0.717) is 11.8 Å². The van der Waals surface area contributed by atoms with Crippen molar-refractivity contribution in [3.63, 3.8) is 0 Å². The first kappa shape index (κ1) is 8.47. The fourth-order valence-electron chi connectivity index (χ4n) is 2.23. The summed E-state index contributed by atoms with van der Waals surface area (Å²) in [6, 6.07) is 0.233. The Kier molecular flexibility index (Phi) is 1.89. The Balaban J connectivity index is 1.91. The summed E-state index contributed by atoms with van der Waals surface area (Å²) in [4.78, 5) is 0. The molecule has 5 heteroatoms. The fraction of sp³-hybridized carbons (Fsp3) is 1.00. The maximum atomic E-state index is 11.1. The van der Waals surface area contributed by atoms with E-state index < -0.39 is 10.2 Å². The van der Waals surface area contributed by atoms with Gasteiger partial charge in [-0.1, -0.05) is 6.42 Å². The van der Waals surface area contributed by atoms with Gasteiger partial charge in [-0.15, -0.1) is 0 Å². The Bertz CT molecular complexity index is 265. The van der Waals surface area contributed by atoms with Crippen LogP contribution in [0.2, 0.25) is 0 Å². The highest BCUT2D eigenvalue weighted by Crippen LogP contribution is 2.51. The van der Waals surface area contributed by atoms with E-state index in [1.807, 2.05) is 0 Å². The standard InChI is InChI=1S/C7H14N2O2S/c1-8-12(10,11)9-7-5-3-2-4-6(5)7/h5-9H,2-4H2,1H3/t5-,6+,7?. The van der Waals surface area contributed by atoms with Crippen LogP contribution in [0.15, 0.2) is 0 Å². The summed E-state index contributed by atoms with van der Waals surface area (Å²) in [5, 5.41) is 0. The number of hydrogen-bond acceptors (Lipinski definition) is 2. The molecule has 2 fully saturated rings. The molecule has 0 aliphatic heterocycles. The maximum Gasteiger partial charge on any atom is 0.276 e. The van der Waals surface area contributed by atoms with Gasteiger partial charge in [0.05, 0.1) is 0 Å². The average molecular weight is 190 g/mol. The molecule has 2 N–H and O–H groups in total. The first-order valence-electron chi connectivity index (χ1n) is 4.35. The topological polar surface area (TPSA) is 58.2 Å². The molecule has 0 heterocycles. The van der Waals surface area contributed by atoms with Crippen LogP contribution in [0.3, 0.4) is 0 Å². The lowest BCUT2D eigenvalue weighted by Crippen LogP contribution is -2.37. The molecule has 0 aromatic carbocycles. The molecular formula is C7H14N2O2S. The van der Waals surface area contributed by atoms with E-state index in [9.17, 15) is 8.42 Å². The van der Waals surface area contributed by atoms with Gasteiger partial charge in [0.1, 0.15) is 0 Å². The Morgan fingerprint density at radius 1 is 1.25 bits per heavy atom. The fourth-order valence-corrected chi connectivity index (χ4v) is 3.06. The highest BCUT2D eigenvalue weighted by molar-refractivity contribution is 7.87. The van der Waals surface area contributed by atoms with Crippen LogP contribution in [-0.4, -0.2) is 21.5 Å². The molecule has 0 radical (unpaired) electrons. The van der Waals surface area contributed by atoms with Gasteiger partial charge in [0.2, 0.25) is 0 Å². The zero-order chi connectivity index (χ0) is 8.77. The highest BCUT2D eigenvalue weighted by Gasteiger charge is 2.53. The van der Waals surface area contributed by atoms with Gasteiger partial charge in [0, 0.05) is 13.1 Å². The van der Waals surface area contributed by atoms with Crippen molar-refractivity contribution in [2.75, 3.05) is 7.05 Å². The van der Waals surface area contributed by atoms with Crippen molar-refractivity contribution in [3.8, 4) is 0 Å². The molecule has 0 bridgehead atoms. The predicted molar refractivity (Wildman–Crippen MR) is 45.7 cm³/mol. The Morgan fingerprint density at radius 3 is 2.33 bits per heavy atom. The summed E-state index contributed by atoms with van der Waals surface area (Å²) >= 11 is 0. The van der Waals surface area contributed by atoms with E-state index in [2.05, 4.69) is 9.44 Å². The summed E-state index contributed by atoms with van der Waals surface area (Å²) in [6.07, 6.45) is 3.66. The molecule has 2 saturated carbocycles. The third-order valence-corrected chi connectivity index (χ3v) is 4.09. The number of fused-ring (bicyclic) bond motifs is 1. The number of rotatable bonds is 3. The zero-order valence-corrected chi connectivity index (χ0v) is 7.89. The van der Waals surface area contributed by atoms with Crippen molar-refractivity contribution in [2.24, 2.45) is 11.8 Å². The van der Waals surface area contributed by atoms with Crippen molar-refractivity contribution >= 4 is 10.2 Å². The molecule has 2 aliphatic rings. The zero-order valence-electron chi connectivity index (χ0n) is 7.08. The van der Waals surface area contributed by atoms with Gasteiger partial charge in [-0.05, 0) is 24.7 Å². The molecule has 0 aromatic heterocycles. The van der Waals surface area contributed by atoms with Crippen LogP contribution >= 0.6 is 0 Å². The lowest BCUT2D eigenvalue weighted by Gasteiger charge is -2.05. The maximum absolute atomic E-state index is 11.1. The molecule has 3 atom stereocenters. The van der Waals surface area contributed by atoms with Crippen LogP contribution in [0.1, 0.15) is 19.3 Å². The molecular weight excluding hydrogens is 176 g/mol. The summed E-state index contributed by atoms with van der Waals surface area (Å²) < 4.78 is 27.0. The third-order valence-electron chi connectivity index (χ3n) is 2.97. The summed E-state index contributed by atoms with van der Waals surface area (Å²) in [7, 11) is -1.77. The molecule has 1 unspecified atom stereocenters. The van der Waals surface area contributed by atoms with Crippen molar-refractivity contribution in [2.45, 2.75) is 25.3 Å². The number of nitrogens with one attached hydrogen (secondary N) is 2. The van der Waals surface area contributed by atoms with E-state index in [-0.39, 0.29) is 6.04 Å². The summed E-state index contributed by atoms with van der Waals surface area (Å²) in [6.45, 7) is 0. The molecule has 2 rings (SSSR count). The molecule has 0 spiro atoms. The van der Waals surface area contributed by atoms with Crippen molar-refractivity contribution < 1.29 is 8.42 Å². The van der Waals surface area contributed by atoms with E-state index in [4.69, 9.17) is 0 Å². The minimum atomic E-state index is -3.20. The molecule has 0 aromatic rings. The second-order valence-corrected chi connectivity index (χ2v) is 5.26.